The van der Waals surface area contributed by atoms with Crippen LogP contribution in [0.5, 0.6) is 0 Å². The van der Waals surface area contributed by atoms with Gasteiger partial charge in [0.05, 0.1) is 22.1 Å². The van der Waals surface area contributed by atoms with Crippen molar-refractivity contribution in [3.8, 4) is 56.7 Å². The second-order valence-corrected chi connectivity index (χ2v) is 16.0. The molecule has 6 nitrogen and oxygen atoms in total. The van der Waals surface area contributed by atoms with E-state index < -0.39 is 0 Å². The Hall–Kier alpha value is -8.61. The zero-order valence-electron chi connectivity index (χ0n) is 33.9. The Bertz CT molecular complexity index is 3820. The van der Waals surface area contributed by atoms with E-state index in [0.717, 1.165) is 93.8 Å². The number of fused-ring (bicyclic) bond motifs is 9. The molecule has 0 fully saturated rings. The van der Waals surface area contributed by atoms with E-state index in [-0.39, 0.29) is 0 Å². The molecule has 0 saturated heterocycles. The Morgan fingerprint density at radius 3 is 1.49 bits per heavy atom. The maximum absolute atomic E-state index is 6.84. The molecule has 0 atom stereocenters. The third kappa shape index (κ3) is 5.55. The second kappa shape index (κ2) is 14.0. The zero-order valence-corrected chi connectivity index (χ0v) is 33.9. The number of hydrogen-bond donors (Lipinski definition) is 0. The summed E-state index contributed by atoms with van der Waals surface area (Å²) < 4.78 is 11.4. The van der Waals surface area contributed by atoms with E-state index in [0.29, 0.717) is 17.6 Å². The fourth-order valence-electron chi connectivity index (χ4n) is 9.58. The van der Waals surface area contributed by atoms with Crippen LogP contribution in [-0.2, 0) is 0 Å². The van der Waals surface area contributed by atoms with Gasteiger partial charge in [0.1, 0.15) is 11.2 Å². The lowest BCUT2D eigenvalue weighted by Crippen LogP contribution is -2.07. The van der Waals surface area contributed by atoms with E-state index in [9.17, 15) is 0 Å². The number of nitrogens with zero attached hydrogens (tertiary/aromatic N) is 5. The molecular formula is C57H35N5O. The first-order chi connectivity index (χ1) is 31.2. The molecule has 0 unspecified atom stereocenters. The standard InChI is InChI=1S/C57H35N5O/c1-2-17-36(18-3-1)37-19-16-20-38(33-37)55-58-56(60-57(59-55)62-51-30-13-8-24-43(51)44-25-9-14-31-52(44)62)46-27-5-4-21-40(46)47-34-39(35-48-45-26-10-15-32-53(45)63-54(47)48)61-49-28-11-6-22-41(49)42-23-7-12-29-50(42)61/h1-35H. The summed E-state index contributed by atoms with van der Waals surface area (Å²) in [7, 11) is 0. The Labute approximate surface area is 361 Å². The Kier molecular flexibility index (Phi) is 7.80. The number of furan rings is 1. The van der Waals surface area contributed by atoms with Gasteiger partial charge in [-0.05, 0) is 65.2 Å². The molecule has 9 aromatic carbocycles. The molecule has 0 N–H and O–H groups in total. The minimum atomic E-state index is 0.542. The van der Waals surface area contributed by atoms with Gasteiger partial charge in [0.2, 0.25) is 5.95 Å². The monoisotopic (exact) mass is 805 g/mol. The molecule has 0 amide bonds. The van der Waals surface area contributed by atoms with Crippen LogP contribution >= 0.6 is 0 Å². The van der Waals surface area contributed by atoms with Crippen LogP contribution in [0.15, 0.2) is 217 Å². The lowest BCUT2D eigenvalue weighted by molar-refractivity contribution is 0.670. The number of aromatic nitrogens is 5. The summed E-state index contributed by atoms with van der Waals surface area (Å²) in [6.07, 6.45) is 0. The molecule has 0 aliphatic carbocycles. The van der Waals surface area contributed by atoms with Crippen molar-refractivity contribution >= 4 is 65.6 Å². The molecule has 4 heterocycles. The first-order valence-electron chi connectivity index (χ1n) is 21.2. The van der Waals surface area contributed by atoms with Crippen LogP contribution in [0.2, 0.25) is 0 Å². The highest BCUT2D eigenvalue weighted by molar-refractivity contribution is 6.14. The van der Waals surface area contributed by atoms with Crippen LogP contribution in [0.4, 0.5) is 0 Å². The van der Waals surface area contributed by atoms with Crippen molar-refractivity contribution in [3.05, 3.63) is 212 Å². The topological polar surface area (TPSA) is 61.7 Å². The van der Waals surface area contributed by atoms with E-state index in [1.165, 1.54) is 10.8 Å². The predicted octanol–water partition coefficient (Wildman–Crippen LogP) is 14.6. The average Bonchev–Trinajstić information content (AvgIpc) is 4.02. The summed E-state index contributed by atoms with van der Waals surface area (Å²) in [6.45, 7) is 0. The van der Waals surface area contributed by atoms with Gasteiger partial charge < -0.3 is 8.98 Å². The Morgan fingerprint density at radius 2 is 0.825 bits per heavy atom. The summed E-state index contributed by atoms with van der Waals surface area (Å²) in [5, 5.41) is 6.78. The third-order valence-electron chi connectivity index (χ3n) is 12.4. The van der Waals surface area contributed by atoms with Crippen molar-refractivity contribution < 1.29 is 4.42 Å². The van der Waals surface area contributed by atoms with Crippen LogP contribution in [0.1, 0.15) is 0 Å². The van der Waals surface area contributed by atoms with Gasteiger partial charge in [-0.25, -0.2) is 4.98 Å². The van der Waals surface area contributed by atoms with E-state index in [4.69, 9.17) is 19.4 Å². The van der Waals surface area contributed by atoms with Crippen molar-refractivity contribution in [2.45, 2.75) is 0 Å². The van der Waals surface area contributed by atoms with Crippen molar-refractivity contribution in [3.63, 3.8) is 0 Å². The van der Waals surface area contributed by atoms with Gasteiger partial charge in [-0.1, -0.05) is 164 Å². The quantitative estimate of drug-likeness (QED) is 0.168. The Balaban J connectivity index is 1.10. The predicted molar refractivity (Wildman–Crippen MR) is 258 cm³/mol. The van der Waals surface area contributed by atoms with Gasteiger partial charge in [-0.2, -0.15) is 9.97 Å². The smallest absolute Gasteiger partial charge is 0.238 e. The van der Waals surface area contributed by atoms with Crippen molar-refractivity contribution in [1.82, 2.24) is 24.1 Å². The summed E-state index contributed by atoms with van der Waals surface area (Å²) >= 11 is 0. The highest BCUT2D eigenvalue weighted by atomic mass is 16.3. The summed E-state index contributed by atoms with van der Waals surface area (Å²) in [4.78, 5) is 16.1. The molecule has 0 radical (unpaired) electrons. The summed E-state index contributed by atoms with van der Waals surface area (Å²) in [5.74, 6) is 1.68. The number of rotatable bonds is 6. The van der Waals surface area contributed by atoms with Gasteiger partial charge in [-0.15, -0.1) is 0 Å². The first-order valence-corrected chi connectivity index (χ1v) is 21.2. The lowest BCUT2D eigenvalue weighted by atomic mass is 9.96. The molecule has 63 heavy (non-hydrogen) atoms. The van der Waals surface area contributed by atoms with Gasteiger partial charge in [0, 0.05) is 54.7 Å². The average molecular weight is 806 g/mol. The van der Waals surface area contributed by atoms with Crippen LogP contribution in [0.25, 0.3) is 122 Å². The molecule has 294 valence electrons. The molecule has 0 aliphatic heterocycles. The highest BCUT2D eigenvalue weighted by Gasteiger charge is 2.23. The number of benzene rings is 9. The molecule has 0 spiro atoms. The van der Waals surface area contributed by atoms with E-state index in [1.807, 2.05) is 18.2 Å². The molecule has 6 heteroatoms. The third-order valence-corrected chi connectivity index (χ3v) is 12.4. The molecular weight excluding hydrogens is 771 g/mol. The van der Waals surface area contributed by atoms with Gasteiger partial charge in [0.25, 0.3) is 0 Å². The van der Waals surface area contributed by atoms with Crippen LogP contribution in [0.3, 0.4) is 0 Å². The maximum atomic E-state index is 6.84. The fourth-order valence-corrected chi connectivity index (χ4v) is 9.58. The largest absolute Gasteiger partial charge is 0.455 e. The van der Waals surface area contributed by atoms with E-state index in [2.05, 4.69) is 203 Å². The number of hydrogen-bond acceptors (Lipinski definition) is 4. The van der Waals surface area contributed by atoms with E-state index >= 15 is 0 Å². The van der Waals surface area contributed by atoms with Crippen molar-refractivity contribution in [2.24, 2.45) is 0 Å². The lowest BCUT2D eigenvalue weighted by Gasteiger charge is -2.15. The summed E-state index contributed by atoms with van der Waals surface area (Å²) in [6, 6.07) is 74.3. The molecule has 0 bridgehead atoms. The Morgan fingerprint density at radius 1 is 0.317 bits per heavy atom. The van der Waals surface area contributed by atoms with Crippen LogP contribution in [0, 0.1) is 0 Å². The van der Waals surface area contributed by atoms with Crippen LogP contribution in [-0.4, -0.2) is 24.1 Å². The van der Waals surface area contributed by atoms with Crippen LogP contribution < -0.4 is 0 Å². The fraction of sp³-hybridized carbons (Fsp3) is 0. The minimum absolute atomic E-state index is 0.542. The maximum Gasteiger partial charge on any atom is 0.238 e. The van der Waals surface area contributed by atoms with Gasteiger partial charge >= 0.3 is 0 Å². The number of para-hydroxylation sites is 5. The second-order valence-electron chi connectivity index (χ2n) is 16.0. The molecule has 0 aliphatic rings. The molecule has 13 rings (SSSR count). The molecule has 0 saturated carbocycles. The highest BCUT2D eigenvalue weighted by Crippen LogP contribution is 2.43. The van der Waals surface area contributed by atoms with Gasteiger partial charge in [0.15, 0.2) is 11.6 Å². The summed E-state index contributed by atoms with van der Waals surface area (Å²) in [5.41, 5.74) is 12.9. The van der Waals surface area contributed by atoms with Crippen molar-refractivity contribution in [2.75, 3.05) is 0 Å². The van der Waals surface area contributed by atoms with E-state index in [1.54, 1.807) is 0 Å². The SMILES string of the molecule is c1ccc(-c2cccc(-c3nc(-c4ccccc4-c4cc(-n5c6ccccc6c6ccccc65)cc5c4oc4ccccc45)nc(-n4c5ccccc5c5ccccc54)n3)c2)cc1. The van der Waals surface area contributed by atoms with Gasteiger partial charge in [-0.3, -0.25) is 4.57 Å². The van der Waals surface area contributed by atoms with Crippen molar-refractivity contribution in [1.29, 1.82) is 0 Å². The zero-order chi connectivity index (χ0) is 41.4. The molecule has 13 aromatic rings. The first kappa shape index (κ1) is 35.2. The normalized spacial score (nSPS) is 11.8. The minimum Gasteiger partial charge on any atom is -0.455 e. The molecule has 4 aromatic heterocycles.